The Labute approximate surface area is 209 Å². The Morgan fingerprint density at radius 2 is 1.73 bits per heavy atom. The molecular formula is C23H26F3N5O6. The Bertz CT molecular complexity index is 1150. The van der Waals surface area contributed by atoms with Gasteiger partial charge in [0.05, 0.1) is 24.7 Å². The molecular weight excluding hydrogens is 499 g/mol. The van der Waals surface area contributed by atoms with Crippen molar-refractivity contribution in [2.24, 2.45) is 10.8 Å². The molecule has 7 N–H and O–H groups in total. The van der Waals surface area contributed by atoms with Gasteiger partial charge in [0, 0.05) is 5.56 Å². The summed E-state index contributed by atoms with van der Waals surface area (Å²) in [6.07, 6.45) is -4.07. The average molecular weight is 525 g/mol. The van der Waals surface area contributed by atoms with E-state index in [1.54, 1.807) is 24.3 Å². The van der Waals surface area contributed by atoms with Gasteiger partial charge in [0.25, 0.3) is 5.91 Å². The Kier molecular flexibility index (Phi) is 11.7. The molecule has 14 heteroatoms. The summed E-state index contributed by atoms with van der Waals surface area (Å²) in [5, 5.41) is 21.6. The van der Waals surface area contributed by atoms with E-state index in [0.29, 0.717) is 11.3 Å². The van der Waals surface area contributed by atoms with Crippen molar-refractivity contribution >= 4 is 35.8 Å². The quantitative estimate of drug-likeness (QED) is 0.124. The van der Waals surface area contributed by atoms with Crippen molar-refractivity contribution in [3.05, 3.63) is 64.7 Å². The molecule has 0 bridgehead atoms. The number of benzene rings is 2. The fraction of sp³-hybridized carbons (Fsp3) is 0.261. The molecule has 11 nitrogen and oxygen atoms in total. The molecule has 0 aromatic heterocycles. The first-order valence-electron chi connectivity index (χ1n) is 10.5. The van der Waals surface area contributed by atoms with Crippen LogP contribution in [0, 0.1) is 13.8 Å². The van der Waals surface area contributed by atoms with Crippen molar-refractivity contribution in [2.75, 3.05) is 6.54 Å². The molecule has 0 aliphatic rings. The maximum absolute atomic E-state index is 12.4. The highest BCUT2D eigenvalue weighted by Gasteiger charge is 2.38. The topological polar surface area (TPSA) is 183 Å². The molecule has 200 valence electrons. The predicted molar refractivity (Wildman–Crippen MR) is 127 cm³/mol. The normalized spacial score (nSPS) is 11.6. The Balaban J connectivity index is 0.000000856. The summed E-state index contributed by atoms with van der Waals surface area (Å²) in [7, 11) is 0. The number of rotatable bonds is 9. The number of carbonyl (C=O) groups excluding carboxylic acids is 2. The van der Waals surface area contributed by atoms with E-state index < -0.39 is 36.0 Å². The van der Waals surface area contributed by atoms with Crippen LogP contribution >= 0.6 is 0 Å². The molecule has 0 saturated carbocycles. The van der Waals surface area contributed by atoms with Crippen LogP contribution < -0.4 is 21.9 Å². The third-order valence-corrected chi connectivity index (χ3v) is 4.57. The SMILES string of the molecule is Cc1ccc(C)c(C(CC(=O)O)NC(=O)CNC(=O)c2cccc(N=CNN)c2)c1.O=C(O)C(F)(F)F. The summed E-state index contributed by atoms with van der Waals surface area (Å²) in [5.74, 6) is 0.392. The molecule has 0 aliphatic heterocycles. The number of nitrogens with zero attached hydrogens (tertiary/aromatic N) is 1. The van der Waals surface area contributed by atoms with Gasteiger partial charge in [-0.2, -0.15) is 13.2 Å². The number of carboxylic acid groups (broad SMARTS) is 2. The zero-order valence-electron chi connectivity index (χ0n) is 19.8. The summed E-state index contributed by atoms with van der Waals surface area (Å²) in [5.41, 5.74) is 5.68. The largest absolute Gasteiger partial charge is 0.490 e. The highest BCUT2D eigenvalue weighted by Crippen LogP contribution is 2.22. The van der Waals surface area contributed by atoms with E-state index in [4.69, 9.17) is 15.7 Å². The zero-order chi connectivity index (χ0) is 28.2. The van der Waals surface area contributed by atoms with E-state index >= 15 is 0 Å². The molecule has 0 radical (unpaired) electrons. The molecule has 2 aromatic rings. The van der Waals surface area contributed by atoms with Crippen LogP contribution in [0.3, 0.4) is 0 Å². The minimum Gasteiger partial charge on any atom is -0.481 e. The number of alkyl halides is 3. The number of carboxylic acids is 2. The van der Waals surface area contributed by atoms with Crippen LogP contribution in [-0.2, 0) is 14.4 Å². The summed E-state index contributed by atoms with van der Waals surface area (Å²) >= 11 is 0. The van der Waals surface area contributed by atoms with Crippen LogP contribution in [0.2, 0.25) is 0 Å². The minimum atomic E-state index is -5.08. The first-order chi connectivity index (χ1) is 17.2. The van der Waals surface area contributed by atoms with Crippen LogP contribution in [0.15, 0.2) is 47.5 Å². The van der Waals surface area contributed by atoms with Crippen LogP contribution in [0.25, 0.3) is 0 Å². The van der Waals surface area contributed by atoms with E-state index in [0.717, 1.165) is 16.7 Å². The molecule has 0 heterocycles. The molecule has 0 fully saturated rings. The number of hydrazine groups is 1. The van der Waals surface area contributed by atoms with Gasteiger partial charge in [0.2, 0.25) is 5.91 Å². The fourth-order valence-corrected chi connectivity index (χ4v) is 2.90. The summed E-state index contributed by atoms with van der Waals surface area (Å²) in [4.78, 5) is 48.9. The lowest BCUT2D eigenvalue weighted by molar-refractivity contribution is -0.192. The number of amides is 2. The fourth-order valence-electron chi connectivity index (χ4n) is 2.90. The average Bonchev–Trinajstić information content (AvgIpc) is 2.82. The number of aryl methyl sites for hydroxylation is 2. The lowest BCUT2D eigenvalue weighted by Crippen LogP contribution is -2.39. The number of aliphatic imine (C=N–C) groups is 1. The first-order valence-corrected chi connectivity index (χ1v) is 10.5. The van der Waals surface area contributed by atoms with Crippen molar-refractivity contribution in [3.8, 4) is 0 Å². The summed E-state index contributed by atoms with van der Waals surface area (Å²) in [6, 6.07) is 11.4. The van der Waals surface area contributed by atoms with Gasteiger partial charge >= 0.3 is 18.1 Å². The highest BCUT2D eigenvalue weighted by atomic mass is 19.4. The molecule has 1 unspecified atom stereocenters. The highest BCUT2D eigenvalue weighted by molar-refractivity contribution is 5.97. The smallest absolute Gasteiger partial charge is 0.481 e. The lowest BCUT2D eigenvalue weighted by atomic mass is 9.96. The van der Waals surface area contributed by atoms with Crippen molar-refractivity contribution in [2.45, 2.75) is 32.5 Å². The number of nitrogens with two attached hydrogens (primary N) is 1. The van der Waals surface area contributed by atoms with Crippen molar-refractivity contribution in [3.63, 3.8) is 0 Å². The van der Waals surface area contributed by atoms with Crippen LogP contribution in [0.5, 0.6) is 0 Å². The van der Waals surface area contributed by atoms with Crippen molar-refractivity contribution in [1.82, 2.24) is 16.1 Å². The summed E-state index contributed by atoms with van der Waals surface area (Å²) in [6.45, 7) is 3.45. The van der Waals surface area contributed by atoms with Gasteiger partial charge in [0.15, 0.2) is 0 Å². The second-order valence-corrected chi connectivity index (χ2v) is 7.54. The summed E-state index contributed by atoms with van der Waals surface area (Å²) < 4.78 is 31.7. The monoisotopic (exact) mass is 525 g/mol. The Hall–Kier alpha value is -4.46. The number of halogens is 3. The first kappa shape index (κ1) is 30.6. The third kappa shape index (κ3) is 11.2. The molecule has 0 saturated heterocycles. The molecule has 37 heavy (non-hydrogen) atoms. The van der Waals surface area contributed by atoms with E-state index in [1.165, 1.54) is 6.34 Å². The van der Waals surface area contributed by atoms with Crippen molar-refractivity contribution < 1.29 is 42.6 Å². The second kappa shape index (κ2) is 14.2. The zero-order valence-corrected chi connectivity index (χ0v) is 19.8. The third-order valence-electron chi connectivity index (χ3n) is 4.57. The number of aliphatic carboxylic acids is 2. The molecule has 0 aliphatic carbocycles. The van der Waals surface area contributed by atoms with E-state index in [9.17, 15) is 32.7 Å². The molecule has 2 amide bonds. The standard InChI is InChI=1S/C21H25N5O4.C2HF3O2/c1-13-6-7-14(2)17(8-13)18(10-20(28)29)26-19(27)11-23-21(30)15-4-3-5-16(9-15)24-12-25-22;3-2(4,5)1(6)7/h3-9,12,18H,10-11,22H2,1-2H3,(H,23,30)(H,24,25)(H,26,27)(H,28,29);(H,6,7). The van der Waals surface area contributed by atoms with Gasteiger partial charge in [-0.15, -0.1) is 0 Å². The maximum atomic E-state index is 12.4. The number of hydrogen-bond donors (Lipinski definition) is 6. The van der Waals surface area contributed by atoms with Crippen LogP contribution in [0.1, 0.15) is 39.5 Å². The molecule has 1 atom stereocenters. The van der Waals surface area contributed by atoms with Gasteiger partial charge < -0.3 is 26.3 Å². The number of nitrogens with one attached hydrogen (secondary N) is 3. The molecule has 2 aromatic carbocycles. The van der Waals surface area contributed by atoms with Crippen LogP contribution in [0.4, 0.5) is 18.9 Å². The number of carbonyl (C=O) groups is 4. The maximum Gasteiger partial charge on any atom is 0.490 e. The van der Waals surface area contributed by atoms with Gasteiger partial charge in [0.1, 0.15) is 6.34 Å². The van der Waals surface area contributed by atoms with E-state index in [-0.39, 0.29) is 13.0 Å². The number of hydrogen-bond acceptors (Lipinski definition) is 6. The molecule has 0 spiro atoms. The molecule has 2 rings (SSSR count). The van der Waals surface area contributed by atoms with Gasteiger partial charge in [-0.1, -0.05) is 29.8 Å². The second-order valence-electron chi connectivity index (χ2n) is 7.54. The van der Waals surface area contributed by atoms with Gasteiger partial charge in [-0.3, -0.25) is 14.4 Å². The Morgan fingerprint density at radius 1 is 1.08 bits per heavy atom. The van der Waals surface area contributed by atoms with Gasteiger partial charge in [-0.05, 0) is 43.2 Å². The Morgan fingerprint density at radius 3 is 2.30 bits per heavy atom. The van der Waals surface area contributed by atoms with Crippen LogP contribution in [-0.4, -0.2) is 53.0 Å². The van der Waals surface area contributed by atoms with E-state index in [2.05, 4.69) is 21.1 Å². The minimum absolute atomic E-state index is 0.265. The lowest BCUT2D eigenvalue weighted by Gasteiger charge is -2.20. The van der Waals surface area contributed by atoms with E-state index in [1.807, 2.05) is 32.0 Å². The van der Waals surface area contributed by atoms with Gasteiger partial charge in [-0.25, -0.2) is 15.6 Å². The predicted octanol–water partition coefficient (Wildman–Crippen LogP) is 2.12. The van der Waals surface area contributed by atoms with Crippen molar-refractivity contribution in [1.29, 1.82) is 0 Å².